The highest BCUT2D eigenvalue weighted by Gasteiger charge is 2.21. The molecule has 0 aliphatic rings. The fraction of sp³-hybridized carbons (Fsp3) is 0.364. The van der Waals surface area contributed by atoms with Gasteiger partial charge in [-0.15, -0.1) is 0 Å². The van der Waals surface area contributed by atoms with Crippen LogP contribution in [0, 0.1) is 6.92 Å². The summed E-state index contributed by atoms with van der Waals surface area (Å²) >= 11 is 0. The van der Waals surface area contributed by atoms with Crippen molar-refractivity contribution >= 4 is 11.9 Å². The smallest absolute Gasteiger partial charge is 0.358 e. The van der Waals surface area contributed by atoms with E-state index in [-0.39, 0.29) is 17.9 Å². The lowest BCUT2D eigenvalue weighted by Crippen LogP contribution is -2.27. The summed E-state index contributed by atoms with van der Waals surface area (Å²) in [7, 11) is 0. The van der Waals surface area contributed by atoms with Crippen molar-refractivity contribution in [2.75, 3.05) is 0 Å². The quantitative estimate of drug-likeness (QED) is 0.804. The molecule has 1 heterocycles. The van der Waals surface area contributed by atoms with Crippen LogP contribution in [0.15, 0.2) is 12.1 Å². The Hall–Kier alpha value is -2.11. The summed E-state index contributed by atoms with van der Waals surface area (Å²) in [6, 6.07) is 2.98. The maximum atomic E-state index is 10.9. The number of rotatable bonds is 5. The fourth-order valence-electron chi connectivity index (χ4n) is 1.25. The van der Waals surface area contributed by atoms with Crippen molar-refractivity contribution in [1.82, 2.24) is 4.98 Å². The number of carbonyl (C=O) groups is 2. The Kier molecular flexibility index (Phi) is 4.03. The zero-order valence-electron chi connectivity index (χ0n) is 9.51. The number of hydrogen-bond donors (Lipinski definition) is 2. The van der Waals surface area contributed by atoms with E-state index in [1.54, 1.807) is 19.9 Å². The third-order valence-electron chi connectivity index (χ3n) is 2.12. The lowest BCUT2D eigenvalue weighted by Gasteiger charge is -2.14. The van der Waals surface area contributed by atoms with E-state index < -0.39 is 18.0 Å². The van der Waals surface area contributed by atoms with Gasteiger partial charge < -0.3 is 14.9 Å². The van der Waals surface area contributed by atoms with Crippen LogP contribution >= 0.6 is 0 Å². The Morgan fingerprint density at radius 2 is 2.06 bits per heavy atom. The summed E-state index contributed by atoms with van der Waals surface area (Å²) in [5, 5.41) is 17.8. The molecule has 0 saturated carbocycles. The van der Waals surface area contributed by atoms with E-state index in [1.807, 2.05) is 0 Å². The van der Waals surface area contributed by atoms with E-state index in [4.69, 9.17) is 14.9 Å². The average Bonchev–Trinajstić information content (AvgIpc) is 2.26. The molecule has 1 atom stereocenters. The van der Waals surface area contributed by atoms with Gasteiger partial charge in [-0.2, -0.15) is 0 Å². The second-order valence-electron chi connectivity index (χ2n) is 3.46. The first kappa shape index (κ1) is 13.0. The second kappa shape index (κ2) is 5.29. The van der Waals surface area contributed by atoms with Crippen LogP contribution in [-0.2, 0) is 4.79 Å². The molecule has 0 amide bonds. The summed E-state index contributed by atoms with van der Waals surface area (Å²) in [6.07, 6.45) is -0.833. The topological polar surface area (TPSA) is 96.7 Å². The third kappa shape index (κ3) is 3.17. The molecule has 0 saturated heterocycles. The number of ether oxygens (including phenoxy) is 1. The first-order valence-corrected chi connectivity index (χ1v) is 5.06. The van der Waals surface area contributed by atoms with Gasteiger partial charge >= 0.3 is 11.9 Å². The predicted octanol–water partition coefficient (Wildman–Crippen LogP) is 1.33. The van der Waals surface area contributed by atoms with Crippen molar-refractivity contribution in [2.45, 2.75) is 26.4 Å². The van der Waals surface area contributed by atoms with Gasteiger partial charge in [0, 0.05) is 5.69 Å². The van der Waals surface area contributed by atoms with Gasteiger partial charge in [0.25, 0.3) is 0 Å². The monoisotopic (exact) mass is 239 g/mol. The number of pyridine rings is 1. The summed E-state index contributed by atoms with van der Waals surface area (Å²) in [4.78, 5) is 25.5. The molecule has 0 aromatic carbocycles. The highest BCUT2D eigenvalue weighted by Crippen LogP contribution is 2.19. The molecule has 1 aromatic rings. The number of aromatic nitrogens is 1. The lowest BCUT2D eigenvalue weighted by molar-refractivity contribution is -0.145. The Bertz CT molecular complexity index is 443. The van der Waals surface area contributed by atoms with Gasteiger partial charge in [-0.1, -0.05) is 6.92 Å². The number of aryl methyl sites for hydroxylation is 1. The molecule has 6 nitrogen and oxygen atoms in total. The van der Waals surface area contributed by atoms with Crippen LogP contribution in [0.3, 0.4) is 0 Å². The summed E-state index contributed by atoms with van der Waals surface area (Å²) in [5.74, 6) is -2.41. The maximum Gasteiger partial charge on any atom is 0.358 e. The zero-order chi connectivity index (χ0) is 13.0. The number of carboxylic acids is 2. The Morgan fingerprint density at radius 1 is 1.41 bits per heavy atom. The molecule has 92 valence electrons. The molecule has 0 aliphatic heterocycles. The zero-order valence-corrected chi connectivity index (χ0v) is 9.51. The molecule has 1 unspecified atom stereocenters. The van der Waals surface area contributed by atoms with Crippen molar-refractivity contribution in [3.8, 4) is 5.75 Å². The molecule has 0 aliphatic carbocycles. The molecule has 1 rings (SSSR count). The van der Waals surface area contributed by atoms with Crippen LogP contribution in [0.25, 0.3) is 0 Å². The molecule has 0 fully saturated rings. The third-order valence-corrected chi connectivity index (χ3v) is 2.12. The average molecular weight is 239 g/mol. The van der Waals surface area contributed by atoms with Gasteiger partial charge in [-0.25, -0.2) is 14.6 Å². The lowest BCUT2D eigenvalue weighted by atomic mass is 10.2. The van der Waals surface area contributed by atoms with E-state index in [0.717, 1.165) is 0 Å². The van der Waals surface area contributed by atoms with Gasteiger partial charge in [0.1, 0.15) is 0 Å². The minimum Gasteiger partial charge on any atom is -0.479 e. The van der Waals surface area contributed by atoms with Crippen LogP contribution in [-0.4, -0.2) is 33.2 Å². The Labute approximate surface area is 97.9 Å². The number of aromatic carboxylic acids is 1. The Morgan fingerprint density at radius 3 is 2.53 bits per heavy atom. The van der Waals surface area contributed by atoms with Crippen LogP contribution in [0.5, 0.6) is 5.75 Å². The van der Waals surface area contributed by atoms with E-state index in [9.17, 15) is 9.59 Å². The minimum atomic E-state index is -1.25. The van der Waals surface area contributed by atoms with Gasteiger partial charge in [0.05, 0.1) is 0 Å². The van der Waals surface area contributed by atoms with Crippen molar-refractivity contribution < 1.29 is 24.5 Å². The van der Waals surface area contributed by atoms with Crippen molar-refractivity contribution in [3.63, 3.8) is 0 Å². The number of nitrogens with zero attached hydrogens (tertiary/aromatic N) is 1. The highest BCUT2D eigenvalue weighted by atomic mass is 16.5. The van der Waals surface area contributed by atoms with E-state index in [1.165, 1.54) is 6.07 Å². The first-order chi connectivity index (χ1) is 7.95. The van der Waals surface area contributed by atoms with Gasteiger partial charge in [0.15, 0.2) is 17.5 Å². The van der Waals surface area contributed by atoms with Gasteiger partial charge in [-0.3, -0.25) is 0 Å². The molecule has 1 aromatic heterocycles. The normalized spacial score (nSPS) is 11.9. The summed E-state index contributed by atoms with van der Waals surface area (Å²) in [5.41, 5.74) is 0.253. The van der Waals surface area contributed by atoms with E-state index in [2.05, 4.69) is 4.98 Å². The first-order valence-electron chi connectivity index (χ1n) is 5.06. The standard InChI is InChI=1S/C11H13NO5/c1-3-7(10(13)14)17-8-5-4-6(2)12-9(8)11(15)16/h4-5,7H,3H2,1-2H3,(H,13,14)(H,15,16). The van der Waals surface area contributed by atoms with Crippen LogP contribution in [0.4, 0.5) is 0 Å². The van der Waals surface area contributed by atoms with Crippen LogP contribution < -0.4 is 4.74 Å². The van der Waals surface area contributed by atoms with Gasteiger partial charge in [0.2, 0.25) is 0 Å². The fourth-order valence-corrected chi connectivity index (χ4v) is 1.25. The number of aliphatic carboxylic acids is 1. The van der Waals surface area contributed by atoms with Gasteiger partial charge in [-0.05, 0) is 25.5 Å². The Balaban J connectivity index is 3.05. The molecule has 17 heavy (non-hydrogen) atoms. The number of carboxylic acid groups (broad SMARTS) is 2. The minimum absolute atomic E-state index is 0.0302. The van der Waals surface area contributed by atoms with Crippen LogP contribution in [0.2, 0.25) is 0 Å². The van der Waals surface area contributed by atoms with Crippen molar-refractivity contribution in [1.29, 1.82) is 0 Å². The molecule has 0 spiro atoms. The highest BCUT2D eigenvalue weighted by molar-refractivity contribution is 5.88. The SMILES string of the molecule is CCC(Oc1ccc(C)nc1C(=O)O)C(=O)O. The molecule has 0 radical (unpaired) electrons. The van der Waals surface area contributed by atoms with Crippen molar-refractivity contribution in [3.05, 3.63) is 23.5 Å². The molecular weight excluding hydrogens is 226 g/mol. The molecule has 6 heteroatoms. The van der Waals surface area contributed by atoms with Crippen molar-refractivity contribution in [2.24, 2.45) is 0 Å². The summed E-state index contributed by atoms with van der Waals surface area (Å²) in [6.45, 7) is 3.28. The largest absolute Gasteiger partial charge is 0.479 e. The van der Waals surface area contributed by atoms with Crippen LogP contribution in [0.1, 0.15) is 29.5 Å². The second-order valence-corrected chi connectivity index (χ2v) is 3.46. The number of hydrogen-bond acceptors (Lipinski definition) is 4. The maximum absolute atomic E-state index is 10.9. The molecule has 2 N–H and O–H groups in total. The predicted molar refractivity (Wildman–Crippen MR) is 58.3 cm³/mol. The van der Waals surface area contributed by atoms with E-state index in [0.29, 0.717) is 5.69 Å². The molecule has 0 bridgehead atoms. The molecular formula is C11H13NO5. The summed E-state index contributed by atoms with van der Waals surface area (Å²) < 4.78 is 5.13. The van der Waals surface area contributed by atoms with E-state index >= 15 is 0 Å².